The van der Waals surface area contributed by atoms with Gasteiger partial charge < -0.3 is 9.64 Å². The lowest BCUT2D eigenvalue weighted by molar-refractivity contribution is -0.113. The Morgan fingerprint density at radius 3 is 2.37 bits per heavy atom. The molecule has 19 heavy (non-hydrogen) atoms. The standard InChI is InChI=1S/C15H25N3O/c1-6-15(7-2)12(8-13(15)19-5)18(4)14-16-9-11(3)10-17-14/h9-10,12-13H,6-8H2,1-5H3. The molecule has 0 aliphatic heterocycles. The monoisotopic (exact) mass is 263 g/mol. The molecular weight excluding hydrogens is 238 g/mol. The highest BCUT2D eigenvalue weighted by Crippen LogP contribution is 2.51. The maximum Gasteiger partial charge on any atom is 0.225 e. The molecule has 0 radical (unpaired) electrons. The SMILES string of the molecule is CCC1(CC)C(OC)CC1N(C)c1ncc(C)cn1. The van der Waals surface area contributed by atoms with Crippen molar-refractivity contribution in [2.75, 3.05) is 19.1 Å². The first-order chi connectivity index (χ1) is 9.08. The van der Waals surface area contributed by atoms with E-state index in [0.717, 1.165) is 30.8 Å². The third-order valence-electron chi connectivity index (χ3n) is 4.89. The number of methoxy groups -OCH3 is 1. The van der Waals surface area contributed by atoms with Gasteiger partial charge in [-0.05, 0) is 31.7 Å². The Balaban J connectivity index is 2.20. The number of anilines is 1. The third-order valence-corrected chi connectivity index (χ3v) is 4.89. The van der Waals surface area contributed by atoms with E-state index in [1.807, 2.05) is 26.4 Å². The topological polar surface area (TPSA) is 38.2 Å². The van der Waals surface area contributed by atoms with Crippen molar-refractivity contribution in [2.45, 2.75) is 52.2 Å². The van der Waals surface area contributed by atoms with Gasteiger partial charge in [0.05, 0.1) is 6.10 Å². The minimum Gasteiger partial charge on any atom is -0.381 e. The van der Waals surface area contributed by atoms with Crippen LogP contribution >= 0.6 is 0 Å². The smallest absolute Gasteiger partial charge is 0.225 e. The lowest BCUT2D eigenvalue weighted by Crippen LogP contribution is -2.63. The molecule has 1 saturated carbocycles. The molecule has 0 aromatic carbocycles. The van der Waals surface area contributed by atoms with Gasteiger partial charge in [-0.25, -0.2) is 9.97 Å². The Morgan fingerprint density at radius 1 is 1.32 bits per heavy atom. The second-order valence-corrected chi connectivity index (χ2v) is 5.59. The van der Waals surface area contributed by atoms with Crippen LogP contribution in [0.3, 0.4) is 0 Å². The van der Waals surface area contributed by atoms with Crippen LogP contribution < -0.4 is 4.90 Å². The fourth-order valence-electron chi connectivity index (χ4n) is 3.48. The molecule has 2 rings (SSSR count). The van der Waals surface area contributed by atoms with Crippen LogP contribution in [0.2, 0.25) is 0 Å². The minimum absolute atomic E-state index is 0.234. The van der Waals surface area contributed by atoms with Crippen molar-refractivity contribution >= 4 is 5.95 Å². The predicted octanol–water partition coefficient (Wildman–Crippen LogP) is 2.81. The van der Waals surface area contributed by atoms with Crippen LogP contribution in [-0.4, -0.2) is 36.3 Å². The van der Waals surface area contributed by atoms with E-state index in [-0.39, 0.29) is 5.41 Å². The summed E-state index contributed by atoms with van der Waals surface area (Å²) in [7, 11) is 3.92. The number of ether oxygens (including phenoxy) is 1. The van der Waals surface area contributed by atoms with E-state index in [2.05, 4.69) is 35.8 Å². The van der Waals surface area contributed by atoms with E-state index in [1.165, 1.54) is 0 Å². The average Bonchev–Trinajstić information content (AvgIpc) is 2.40. The van der Waals surface area contributed by atoms with Crippen LogP contribution in [0.15, 0.2) is 12.4 Å². The Labute approximate surface area is 116 Å². The number of aromatic nitrogens is 2. The van der Waals surface area contributed by atoms with Gasteiger partial charge in [0.2, 0.25) is 5.95 Å². The molecule has 1 aromatic rings. The zero-order chi connectivity index (χ0) is 14.0. The number of nitrogens with zero attached hydrogens (tertiary/aromatic N) is 3. The van der Waals surface area contributed by atoms with Crippen molar-refractivity contribution in [2.24, 2.45) is 5.41 Å². The Kier molecular flexibility index (Phi) is 4.09. The molecule has 0 bridgehead atoms. The van der Waals surface area contributed by atoms with Gasteiger partial charge >= 0.3 is 0 Å². The summed E-state index contributed by atoms with van der Waals surface area (Å²) in [6.45, 7) is 6.52. The van der Waals surface area contributed by atoms with Crippen molar-refractivity contribution in [1.82, 2.24) is 9.97 Å². The molecule has 0 spiro atoms. The lowest BCUT2D eigenvalue weighted by atomic mass is 9.58. The first kappa shape index (κ1) is 14.3. The molecular formula is C15H25N3O. The van der Waals surface area contributed by atoms with Gasteiger partial charge in [0.1, 0.15) is 0 Å². The molecule has 2 atom stereocenters. The summed E-state index contributed by atoms with van der Waals surface area (Å²) in [5.41, 5.74) is 1.33. The van der Waals surface area contributed by atoms with Crippen molar-refractivity contribution in [1.29, 1.82) is 0 Å². The van der Waals surface area contributed by atoms with Gasteiger partial charge in [0.15, 0.2) is 0 Å². The molecule has 1 fully saturated rings. The molecule has 1 heterocycles. The zero-order valence-electron chi connectivity index (χ0n) is 12.7. The molecule has 106 valence electrons. The Morgan fingerprint density at radius 2 is 1.89 bits per heavy atom. The molecule has 4 nitrogen and oxygen atoms in total. The van der Waals surface area contributed by atoms with E-state index in [9.17, 15) is 0 Å². The minimum atomic E-state index is 0.234. The van der Waals surface area contributed by atoms with Gasteiger partial charge in [-0.1, -0.05) is 13.8 Å². The summed E-state index contributed by atoms with van der Waals surface area (Å²) in [5, 5.41) is 0. The van der Waals surface area contributed by atoms with Crippen LogP contribution in [0.5, 0.6) is 0 Å². The van der Waals surface area contributed by atoms with Gasteiger partial charge in [-0.3, -0.25) is 0 Å². The van der Waals surface area contributed by atoms with Crippen molar-refractivity contribution < 1.29 is 4.74 Å². The highest BCUT2D eigenvalue weighted by molar-refractivity contribution is 5.34. The summed E-state index contributed by atoms with van der Waals surface area (Å²) < 4.78 is 5.65. The number of aryl methyl sites for hydroxylation is 1. The first-order valence-corrected chi connectivity index (χ1v) is 7.13. The number of rotatable bonds is 5. The van der Waals surface area contributed by atoms with Gasteiger partial charge in [0, 0.05) is 38.0 Å². The molecule has 0 N–H and O–H groups in total. The maximum atomic E-state index is 5.65. The predicted molar refractivity (Wildman–Crippen MR) is 77.4 cm³/mol. The number of hydrogen-bond acceptors (Lipinski definition) is 4. The van der Waals surface area contributed by atoms with Gasteiger partial charge in [0.25, 0.3) is 0 Å². The fraction of sp³-hybridized carbons (Fsp3) is 0.733. The van der Waals surface area contributed by atoms with Crippen molar-refractivity contribution in [3.05, 3.63) is 18.0 Å². The summed E-state index contributed by atoms with van der Waals surface area (Å²) in [6, 6.07) is 0.468. The Bertz CT molecular complexity index is 414. The molecule has 4 heteroatoms. The van der Waals surface area contributed by atoms with Crippen molar-refractivity contribution in [3.8, 4) is 0 Å². The van der Waals surface area contributed by atoms with Crippen LogP contribution in [0.1, 0.15) is 38.7 Å². The molecule has 1 aromatic heterocycles. The largest absolute Gasteiger partial charge is 0.381 e. The summed E-state index contributed by atoms with van der Waals surface area (Å²) in [5.74, 6) is 0.816. The van der Waals surface area contributed by atoms with E-state index in [4.69, 9.17) is 4.74 Å². The second kappa shape index (κ2) is 5.45. The highest BCUT2D eigenvalue weighted by Gasteiger charge is 2.55. The van der Waals surface area contributed by atoms with E-state index in [1.54, 1.807) is 0 Å². The van der Waals surface area contributed by atoms with E-state index >= 15 is 0 Å². The third kappa shape index (κ3) is 2.22. The lowest BCUT2D eigenvalue weighted by Gasteiger charge is -2.57. The Hall–Kier alpha value is -1.16. The molecule has 1 aliphatic rings. The first-order valence-electron chi connectivity index (χ1n) is 7.13. The zero-order valence-corrected chi connectivity index (χ0v) is 12.7. The van der Waals surface area contributed by atoms with Gasteiger partial charge in [-0.2, -0.15) is 0 Å². The van der Waals surface area contributed by atoms with Crippen LogP contribution in [0.4, 0.5) is 5.95 Å². The molecule has 0 amide bonds. The van der Waals surface area contributed by atoms with Gasteiger partial charge in [-0.15, -0.1) is 0 Å². The average molecular weight is 263 g/mol. The highest BCUT2D eigenvalue weighted by atomic mass is 16.5. The second-order valence-electron chi connectivity index (χ2n) is 5.59. The number of hydrogen-bond donors (Lipinski definition) is 0. The quantitative estimate of drug-likeness (QED) is 0.819. The van der Waals surface area contributed by atoms with E-state index < -0.39 is 0 Å². The van der Waals surface area contributed by atoms with Crippen LogP contribution in [0, 0.1) is 12.3 Å². The van der Waals surface area contributed by atoms with Crippen molar-refractivity contribution in [3.63, 3.8) is 0 Å². The normalized spacial score (nSPS) is 24.9. The van der Waals surface area contributed by atoms with E-state index in [0.29, 0.717) is 12.1 Å². The molecule has 1 aliphatic carbocycles. The van der Waals surface area contributed by atoms with Crippen LogP contribution in [-0.2, 0) is 4.74 Å². The summed E-state index contributed by atoms with van der Waals surface area (Å²) in [6.07, 6.45) is 7.44. The van der Waals surface area contributed by atoms with Crippen LogP contribution in [0.25, 0.3) is 0 Å². The maximum absolute atomic E-state index is 5.65. The fourth-order valence-corrected chi connectivity index (χ4v) is 3.48. The summed E-state index contributed by atoms with van der Waals surface area (Å²) in [4.78, 5) is 11.1. The molecule has 2 unspecified atom stereocenters. The molecule has 0 saturated heterocycles. The summed E-state index contributed by atoms with van der Waals surface area (Å²) >= 11 is 0.